The van der Waals surface area contributed by atoms with Gasteiger partial charge in [0.1, 0.15) is 5.82 Å². The highest BCUT2D eigenvalue weighted by molar-refractivity contribution is 7.16. The number of hydrogen-bond acceptors (Lipinski definition) is 2. The number of nitrogens with zero attached hydrogens (tertiary/aromatic N) is 2. The van der Waals surface area contributed by atoms with Crippen molar-refractivity contribution in [3.05, 3.63) is 41.5 Å². The number of fused-ring (bicyclic) bond motifs is 1. The average molecular weight is 290 g/mol. The highest BCUT2D eigenvalue weighted by Crippen LogP contribution is 2.27. The molecule has 0 atom stereocenters. The quantitative estimate of drug-likeness (QED) is 0.799. The van der Waals surface area contributed by atoms with Crippen LogP contribution in [0.1, 0.15) is 19.3 Å². The van der Waals surface area contributed by atoms with Crippen LogP contribution in [0, 0.1) is 11.7 Å². The Morgan fingerprint density at radius 1 is 1.55 bits per heavy atom. The van der Waals surface area contributed by atoms with E-state index in [-0.39, 0.29) is 17.6 Å². The number of carbonyl (C=O) groups is 1. The van der Waals surface area contributed by atoms with Gasteiger partial charge in [0.25, 0.3) is 5.91 Å². The topological polar surface area (TPSA) is 34.4 Å². The number of benzene rings is 1. The lowest BCUT2D eigenvalue weighted by molar-refractivity contribution is -0.124. The summed E-state index contributed by atoms with van der Waals surface area (Å²) in [6.07, 6.45) is 4.73. The zero-order chi connectivity index (χ0) is 14.1. The number of halogens is 1. The number of hydrogen-bond donors (Lipinski definition) is 0. The molecule has 0 spiro atoms. The third-order valence-electron chi connectivity index (χ3n) is 3.62. The predicted molar refractivity (Wildman–Crippen MR) is 77.9 cm³/mol. The monoisotopic (exact) mass is 290 g/mol. The highest BCUT2D eigenvalue weighted by Gasteiger charge is 2.25. The van der Waals surface area contributed by atoms with Crippen LogP contribution in [0.15, 0.2) is 35.8 Å². The summed E-state index contributed by atoms with van der Waals surface area (Å²) in [5.74, 6) is -0.253. The largest absolute Gasteiger partial charge is 0.313 e. The number of thiazole rings is 1. The fraction of sp³-hybridized carbons (Fsp3) is 0.333. The molecule has 1 heterocycles. The zero-order valence-electron chi connectivity index (χ0n) is 11.0. The average Bonchev–Trinajstić information content (AvgIpc) is 2.64. The summed E-state index contributed by atoms with van der Waals surface area (Å²) in [6.45, 7) is 4.28. The molecule has 1 aliphatic carbocycles. The molecule has 3 nitrogen and oxygen atoms in total. The van der Waals surface area contributed by atoms with Gasteiger partial charge in [-0.3, -0.25) is 4.79 Å². The summed E-state index contributed by atoms with van der Waals surface area (Å²) < 4.78 is 16.0. The second kappa shape index (κ2) is 5.32. The molecule has 20 heavy (non-hydrogen) atoms. The zero-order valence-corrected chi connectivity index (χ0v) is 11.8. The minimum absolute atomic E-state index is 0.0545. The van der Waals surface area contributed by atoms with Crippen LogP contribution in [0.2, 0.25) is 0 Å². The van der Waals surface area contributed by atoms with Gasteiger partial charge in [0.15, 0.2) is 4.80 Å². The lowest BCUT2D eigenvalue weighted by atomic mass is 9.85. The van der Waals surface area contributed by atoms with E-state index in [1.807, 2.05) is 4.57 Å². The maximum Gasteiger partial charge on any atom is 0.251 e. The molecule has 1 aromatic carbocycles. The normalized spacial score (nSPS) is 16.4. The Kier molecular flexibility index (Phi) is 3.53. The molecular formula is C15H15FN2OS. The Bertz CT molecular complexity index is 740. The number of carbonyl (C=O) groups excluding carboxylic acids is 1. The van der Waals surface area contributed by atoms with Crippen LogP contribution in [0.25, 0.3) is 10.2 Å². The Balaban J connectivity index is 2.12. The van der Waals surface area contributed by atoms with E-state index < -0.39 is 0 Å². The van der Waals surface area contributed by atoms with Gasteiger partial charge in [-0.15, -0.1) is 6.58 Å². The van der Waals surface area contributed by atoms with Crippen molar-refractivity contribution in [2.75, 3.05) is 0 Å². The summed E-state index contributed by atoms with van der Waals surface area (Å²) in [4.78, 5) is 16.9. The van der Waals surface area contributed by atoms with Gasteiger partial charge in [0, 0.05) is 12.5 Å². The minimum atomic E-state index is -0.277. The van der Waals surface area contributed by atoms with Gasteiger partial charge in [0.05, 0.1) is 10.2 Å². The molecule has 104 valence electrons. The van der Waals surface area contributed by atoms with Crippen LogP contribution < -0.4 is 4.80 Å². The molecule has 1 fully saturated rings. The molecule has 2 aromatic rings. The van der Waals surface area contributed by atoms with E-state index in [9.17, 15) is 9.18 Å². The van der Waals surface area contributed by atoms with E-state index in [0.717, 1.165) is 29.5 Å². The molecule has 1 saturated carbocycles. The third kappa shape index (κ3) is 2.33. The van der Waals surface area contributed by atoms with Crippen LogP contribution in [0.3, 0.4) is 0 Å². The first-order chi connectivity index (χ1) is 9.69. The van der Waals surface area contributed by atoms with E-state index in [1.54, 1.807) is 12.1 Å². The van der Waals surface area contributed by atoms with E-state index in [1.165, 1.54) is 23.5 Å². The van der Waals surface area contributed by atoms with Crippen molar-refractivity contribution in [2.45, 2.75) is 25.8 Å². The first-order valence-corrected chi connectivity index (χ1v) is 7.49. The fourth-order valence-electron chi connectivity index (χ4n) is 2.28. The van der Waals surface area contributed by atoms with E-state index in [4.69, 9.17) is 0 Å². The third-order valence-corrected chi connectivity index (χ3v) is 4.66. The van der Waals surface area contributed by atoms with Crippen molar-refractivity contribution >= 4 is 27.5 Å². The van der Waals surface area contributed by atoms with Crippen LogP contribution >= 0.6 is 11.3 Å². The molecule has 0 unspecified atom stereocenters. The molecule has 0 N–H and O–H groups in total. The Morgan fingerprint density at radius 3 is 3.00 bits per heavy atom. The summed E-state index contributed by atoms with van der Waals surface area (Å²) in [6, 6.07) is 4.62. The van der Waals surface area contributed by atoms with E-state index >= 15 is 0 Å². The van der Waals surface area contributed by atoms with Crippen LogP contribution in [-0.4, -0.2) is 10.5 Å². The van der Waals surface area contributed by atoms with E-state index in [2.05, 4.69) is 11.6 Å². The molecule has 5 heteroatoms. The molecule has 3 rings (SSSR count). The molecule has 0 bridgehead atoms. The van der Waals surface area contributed by atoms with Crippen molar-refractivity contribution in [2.24, 2.45) is 10.9 Å². The molecule has 1 aromatic heterocycles. The highest BCUT2D eigenvalue weighted by atomic mass is 32.1. The minimum Gasteiger partial charge on any atom is -0.313 e. The number of rotatable bonds is 3. The number of amides is 1. The van der Waals surface area contributed by atoms with Crippen LogP contribution in [0.5, 0.6) is 0 Å². The second-order valence-electron chi connectivity index (χ2n) is 4.97. The van der Waals surface area contributed by atoms with Gasteiger partial charge in [-0.25, -0.2) is 4.39 Å². The van der Waals surface area contributed by atoms with Gasteiger partial charge in [-0.05, 0) is 31.0 Å². The molecule has 1 amide bonds. The Hall–Kier alpha value is -1.75. The Labute approximate surface area is 120 Å². The van der Waals surface area contributed by atoms with Crippen molar-refractivity contribution in [1.82, 2.24) is 4.57 Å². The second-order valence-corrected chi connectivity index (χ2v) is 5.98. The first-order valence-electron chi connectivity index (χ1n) is 6.67. The lowest BCUT2D eigenvalue weighted by Gasteiger charge is -2.20. The van der Waals surface area contributed by atoms with E-state index in [0.29, 0.717) is 11.3 Å². The van der Waals surface area contributed by atoms with Gasteiger partial charge >= 0.3 is 0 Å². The van der Waals surface area contributed by atoms with Crippen molar-refractivity contribution in [3.63, 3.8) is 0 Å². The van der Waals surface area contributed by atoms with Gasteiger partial charge in [0.2, 0.25) is 0 Å². The van der Waals surface area contributed by atoms with Gasteiger partial charge in [-0.2, -0.15) is 4.99 Å². The lowest BCUT2D eigenvalue weighted by Crippen LogP contribution is -2.24. The van der Waals surface area contributed by atoms with Crippen molar-refractivity contribution < 1.29 is 9.18 Å². The predicted octanol–water partition coefficient (Wildman–Crippen LogP) is 3.26. The van der Waals surface area contributed by atoms with Crippen LogP contribution in [-0.2, 0) is 11.3 Å². The van der Waals surface area contributed by atoms with Gasteiger partial charge < -0.3 is 4.57 Å². The van der Waals surface area contributed by atoms with Crippen molar-refractivity contribution in [3.8, 4) is 0 Å². The molecule has 1 aliphatic rings. The smallest absolute Gasteiger partial charge is 0.251 e. The summed E-state index contributed by atoms with van der Waals surface area (Å²) in [5, 5.41) is 0. The maximum absolute atomic E-state index is 13.3. The van der Waals surface area contributed by atoms with Crippen LogP contribution in [0.4, 0.5) is 4.39 Å². The standard InChI is InChI=1S/C15H15FN2OS/c1-2-8-18-12-7-6-11(16)9-13(12)20-15(18)17-14(19)10-4-3-5-10/h2,6-7,9-10H,1,3-5,8H2. The number of allylic oxidation sites excluding steroid dienone is 1. The number of aromatic nitrogens is 1. The summed E-state index contributed by atoms with van der Waals surface area (Å²) in [7, 11) is 0. The van der Waals surface area contributed by atoms with Gasteiger partial charge in [-0.1, -0.05) is 23.8 Å². The molecular weight excluding hydrogens is 275 g/mol. The molecule has 0 saturated heterocycles. The fourth-order valence-corrected chi connectivity index (χ4v) is 3.35. The maximum atomic E-state index is 13.3. The summed E-state index contributed by atoms with van der Waals surface area (Å²) >= 11 is 1.35. The molecule has 0 radical (unpaired) electrons. The van der Waals surface area contributed by atoms with Crippen molar-refractivity contribution in [1.29, 1.82) is 0 Å². The SMILES string of the molecule is C=CCn1c(=NC(=O)C2CCC2)sc2cc(F)ccc21. The molecule has 0 aliphatic heterocycles. The Morgan fingerprint density at radius 2 is 2.35 bits per heavy atom. The summed E-state index contributed by atoms with van der Waals surface area (Å²) in [5.41, 5.74) is 0.886. The first kappa shape index (κ1) is 13.2.